The Morgan fingerprint density at radius 3 is 2.76 bits per heavy atom. The van der Waals surface area contributed by atoms with Gasteiger partial charge in [0.1, 0.15) is 0 Å². The SMILES string of the molecule is Cc1cc(C)n(-c2nc3c(C)ccc(NC(=O)c4ccco4)c3s2)n1. The largest absolute Gasteiger partial charge is 0.459 e. The molecule has 0 aliphatic carbocycles. The van der Waals surface area contributed by atoms with E-state index in [9.17, 15) is 4.79 Å². The van der Waals surface area contributed by atoms with Gasteiger partial charge in [-0.25, -0.2) is 9.67 Å². The molecule has 3 heterocycles. The van der Waals surface area contributed by atoms with Gasteiger partial charge < -0.3 is 9.73 Å². The summed E-state index contributed by atoms with van der Waals surface area (Å²) in [5.41, 5.74) is 4.60. The second-order valence-corrected chi connectivity index (χ2v) is 6.85. The number of thiazole rings is 1. The summed E-state index contributed by atoms with van der Waals surface area (Å²) in [5, 5.41) is 8.19. The number of carbonyl (C=O) groups excluding carboxylic acids is 1. The number of carbonyl (C=O) groups is 1. The zero-order chi connectivity index (χ0) is 17.6. The molecule has 0 saturated heterocycles. The van der Waals surface area contributed by atoms with Crippen LogP contribution < -0.4 is 5.32 Å². The van der Waals surface area contributed by atoms with Gasteiger partial charge in [0.15, 0.2) is 5.76 Å². The van der Waals surface area contributed by atoms with Crippen LogP contribution in [0.15, 0.2) is 41.0 Å². The number of rotatable bonds is 3. The number of anilines is 1. The van der Waals surface area contributed by atoms with E-state index in [1.807, 2.05) is 43.7 Å². The van der Waals surface area contributed by atoms with E-state index in [2.05, 4.69) is 10.4 Å². The Labute approximate surface area is 148 Å². The van der Waals surface area contributed by atoms with Crippen molar-refractivity contribution in [1.82, 2.24) is 14.8 Å². The van der Waals surface area contributed by atoms with Crippen molar-refractivity contribution >= 4 is 33.1 Å². The van der Waals surface area contributed by atoms with Crippen molar-refractivity contribution in [3.8, 4) is 5.13 Å². The Balaban J connectivity index is 1.79. The summed E-state index contributed by atoms with van der Waals surface area (Å²) in [6.07, 6.45) is 1.48. The van der Waals surface area contributed by atoms with E-state index in [0.717, 1.165) is 32.3 Å². The first-order chi connectivity index (χ1) is 12.0. The van der Waals surface area contributed by atoms with Crippen LogP contribution in [-0.4, -0.2) is 20.7 Å². The molecule has 0 fully saturated rings. The maximum Gasteiger partial charge on any atom is 0.291 e. The predicted molar refractivity (Wildman–Crippen MR) is 97.6 cm³/mol. The minimum Gasteiger partial charge on any atom is -0.459 e. The second kappa shape index (κ2) is 5.86. The minimum atomic E-state index is -0.281. The Morgan fingerprint density at radius 1 is 1.24 bits per heavy atom. The second-order valence-electron chi connectivity index (χ2n) is 5.87. The highest BCUT2D eigenvalue weighted by Crippen LogP contribution is 2.34. The smallest absolute Gasteiger partial charge is 0.291 e. The molecular formula is C18H16N4O2S. The molecule has 1 amide bonds. The van der Waals surface area contributed by atoms with Crippen LogP contribution in [0, 0.1) is 20.8 Å². The van der Waals surface area contributed by atoms with E-state index >= 15 is 0 Å². The fourth-order valence-corrected chi connectivity index (χ4v) is 3.85. The first-order valence-electron chi connectivity index (χ1n) is 7.81. The van der Waals surface area contributed by atoms with Gasteiger partial charge >= 0.3 is 0 Å². The summed E-state index contributed by atoms with van der Waals surface area (Å²) in [7, 11) is 0. The quantitative estimate of drug-likeness (QED) is 0.598. The topological polar surface area (TPSA) is 73.0 Å². The summed E-state index contributed by atoms with van der Waals surface area (Å²) in [4.78, 5) is 17.0. The van der Waals surface area contributed by atoms with E-state index in [4.69, 9.17) is 9.40 Å². The van der Waals surface area contributed by atoms with Gasteiger partial charge in [-0.15, -0.1) is 0 Å². The molecule has 0 saturated carbocycles. The van der Waals surface area contributed by atoms with Crippen molar-refractivity contribution in [3.05, 3.63) is 59.3 Å². The van der Waals surface area contributed by atoms with Gasteiger partial charge in [-0.3, -0.25) is 4.79 Å². The normalized spacial score (nSPS) is 11.2. The summed E-state index contributed by atoms with van der Waals surface area (Å²) in [5.74, 6) is -0.00627. The van der Waals surface area contributed by atoms with Crippen LogP contribution in [0.25, 0.3) is 15.3 Å². The van der Waals surface area contributed by atoms with Crippen molar-refractivity contribution in [2.45, 2.75) is 20.8 Å². The van der Waals surface area contributed by atoms with Crippen LogP contribution >= 0.6 is 11.3 Å². The number of aromatic nitrogens is 3. The van der Waals surface area contributed by atoms with Crippen LogP contribution in [0.4, 0.5) is 5.69 Å². The van der Waals surface area contributed by atoms with Gasteiger partial charge in [-0.1, -0.05) is 17.4 Å². The molecule has 0 bridgehead atoms. The molecule has 0 unspecified atom stereocenters. The molecule has 0 aliphatic rings. The van der Waals surface area contributed by atoms with E-state index in [1.165, 1.54) is 17.6 Å². The lowest BCUT2D eigenvalue weighted by atomic mass is 10.2. The van der Waals surface area contributed by atoms with Crippen molar-refractivity contribution in [2.24, 2.45) is 0 Å². The minimum absolute atomic E-state index is 0.275. The average molecular weight is 352 g/mol. The summed E-state index contributed by atoms with van der Waals surface area (Å²) >= 11 is 1.50. The van der Waals surface area contributed by atoms with Gasteiger partial charge in [0, 0.05) is 5.69 Å². The van der Waals surface area contributed by atoms with Crippen LogP contribution in [-0.2, 0) is 0 Å². The van der Waals surface area contributed by atoms with Crippen molar-refractivity contribution in [1.29, 1.82) is 0 Å². The van der Waals surface area contributed by atoms with E-state index in [0.29, 0.717) is 5.69 Å². The molecule has 4 rings (SSSR count). The number of hydrogen-bond acceptors (Lipinski definition) is 5. The molecule has 3 aromatic heterocycles. The molecule has 7 heteroatoms. The van der Waals surface area contributed by atoms with Crippen LogP contribution in [0.5, 0.6) is 0 Å². The molecule has 6 nitrogen and oxygen atoms in total. The number of fused-ring (bicyclic) bond motifs is 1. The molecule has 25 heavy (non-hydrogen) atoms. The molecule has 1 aromatic carbocycles. The summed E-state index contributed by atoms with van der Waals surface area (Å²) in [6, 6.07) is 9.17. The van der Waals surface area contributed by atoms with Crippen LogP contribution in [0.3, 0.4) is 0 Å². The fourth-order valence-electron chi connectivity index (χ4n) is 2.72. The number of nitrogens with one attached hydrogen (secondary N) is 1. The zero-order valence-corrected chi connectivity index (χ0v) is 14.8. The number of amides is 1. The highest BCUT2D eigenvalue weighted by Gasteiger charge is 2.16. The maximum atomic E-state index is 12.3. The lowest BCUT2D eigenvalue weighted by Crippen LogP contribution is -2.10. The number of hydrogen-bond donors (Lipinski definition) is 1. The van der Waals surface area contributed by atoms with Crippen molar-refractivity contribution in [3.63, 3.8) is 0 Å². The first kappa shape index (κ1) is 15.6. The summed E-state index contributed by atoms with van der Waals surface area (Å²) in [6.45, 7) is 5.96. The van der Waals surface area contributed by atoms with Gasteiger partial charge in [0.05, 0.1) is 27.9 Å². The number of nitrogens with zero attached hydrogens (tertiary/aromatic N) is 3. The van der Waals surface area contributed by atoms with Crippen molar-refractivity contribution in [2.75, 3.05) is 5.32 Å². The fraction of sp³-hybridized carbons (Fsp3) is 0.167. The number of furan rings is 1. The predicted octanol–water partition coefficient (Wildman–Crippen LogP) is 4.25. The standard InChI is InChI=1S/C18H16N4O2S/c1-10-6-7-13(19-17(23)14-5-4-8-24-14)16-15(10)20-18(25-16)22-12(3)9-11(2)21-22/h4-9H,1-3H3,(H,19,23). The third-order valence-electron chi connectivity index (χ3n) is 3.92. The monoisotopic (exact) mass is 352 g/mol. The van der Waals surface area contributed by atoms with Crippen molar-refractivity contribution < 1.29 is 9.21 Å². The van der Waals surface area contributed by atoms with E-state index in [-0.39, 0.29) is 11.7 Å². The summed E-state index contributed by atoms with van der Waals surface area (Å²) < 4.78 is 7.91. The van der Waals surface area contributed by atoms with Gasteiger partial charge in [0.25, 0.3) is 5.91 Å². The first-order valence-corrected chi connectivity index (χ1v) is 8.63. The third kappa shape index (κ3) is 2.72. The average Bonchev–Trinajstić information content (AvgIpc) is 3.29. The Morgan fingerprint density at radius 2 is 2.08 bits per heavy atom. The Bertz CT molecular complexity index is 1080. The molecule has 4 aromatic rings. The molecular weight excluding hydrogens is 336 g/mol. The molecule has 0 aliphatic heterocycles. The number of aryl methyl sites for hydroxylation is 3. The van der Waals surface area contributed by atoms with E-state index in [1.54, 1.807) is 12.1 Å². The third-order valence-corrected chi connectivity index (χ3v) is 4.98. The van der Waals surface area contributed by atoms with Gasteiger partial charge in [-0.2, -0.15) is 5.10 Å². The molecule has 0 atom stereocenters. The van der Waals surface area contributed by atoms with Crippen LogP contribution in [0.1, 0.15) is 27.5 Å². The lowest BCUT2D eigenvalue weighted by molar-refractivity contribution is 0.0997. The Hall–Kier alpha value is -2.93. The molecule has 0 spiro atoms. The van der Waals surface area contributed by atoms with E-state index < -0.39 is 0 Å². The highest BCUT2D eigenvalue weighted by molar-refractivity contribution is 7.21. The van der Waals surface area contributed by atoms with Gasteiger partial charge in [-0.05, 0) is 50.6 Å². The molecule has 0 radical (unpaired) electrons. The maximum absolute atomic E-state index is 12.3. The zero-order valence-electron chi connectivity index (χ0n) is 14.0. The van der Waals surface area contributed by atoms with Gasteiger partial charge in [0.2, 0.25) is 5.13 Å². The Kier molecular flexibility index (Phi) is 3.65. The molecule has 126 valence electrons. The highest BCUT2D eigenvalue weighted by atomic mass is 32.1. The van der Waals surface area contributed by atoms with Crippen LogP contribution in [0.2, 0.25) is 0 Å². The number of benzene rings is 1. The lowest BCUT2D eigenvalue weighted by Gasteiger charge is -2.05. The molecule has 1 N–H and O–H groups in total.